The summed E-state index contributed by atoms with van der Waals surface area (Å²) in [5.74, 6) is 0.0611. The number of hydrogen-bond donors (Lipinski definition) is 2. The Kier molecular flexibility index (Phi) is 7.08. The van der Waals surface area contributed by atoms with Gasteiger partial charge in [0.2, 0.25) is 5.89 Å². The molecule has 1 heterocycles. The van der Waals surface area contributed by atoms with Gasteiger partial charge in [-0.1, -0.05) is 0 Å². The third-order valence-corrected chi connectivity index (χ3v) is 8.61. The summed E-state index contributed by atoms with van der Waals surface area (Å²) in [6.07, 6.45) is 0. The van der Waals surface area contributed by atoms with E-state index in [0.29, 0.717) is 28.1 Å². The molecule has 206 valence electrons. The van der Waals surface area contributed by atoms with Crippen molar-refractivity contribution in [1.82, 2.24) is 4.98 Å². The highest BCUT2D eigenvalue weighted by atomic mass is 32.2. The van der Waals surface area contributed by atoms with Crippen LogP contribution < -0.4 is 18.9 Å². The predicted octanol–water partition coefficient (Wildman–Crippen LogP) is 5.25. The van der Waals surface area contributed by atoms with Crippen LogP contribution >= 0.6 is 0 Å². The molecule has 0 saturated heterocycles. The molecule has 2 N–H and O–H groups in total. The summed E-state index contributed by atoms with van der Waals surface area (Å²) in [5.41, 5.74) is 1.89. The molecule has 0 aliphatic heterocycles. The molecule has 0 aliphatic carbocycles. The lowest BCUT2D eigenvalue weighted by atomic mass is 10.2. The zero-order valence-corrected chi connectivity index (χ0v) is 22.7. The number of sulfonamides is 2. The number of methoxy groups -OCH3 is 2. The molecule has 5 aromatic rings. The summed E-state index contributed by atoms with van der Waals surface area (Å²) in [6, 6.07) is 20.1. The number of oxazole rings is 1. The summed E-state index contributed by atoms with van der Waals surface area (Å²) in [5, 5.41) is 0. The average Bonchev–Trinajstić information content (AvgIpc) is 3.36. The van der Waals surface area contributed by atoms with Crippen molar-refractivity contribution in [2.75, 3.05) is 23.7 Å². The monoisotopic (exact) mass is 583 g/mol. The summed E-state index contributed by atoms with van der Waals surface area (Å²) in [6.45, 7) is 0. The maximum Gasteiger partial charge on any atom is 0.265 e. The number of nitrogens with zero attached hydrogens (tertiary/aromatic N) is 1. The first kappa shape index (κ1) is 27.0. The Morgan fingerprint density at radius 2 is 1.43 bits per heavy atom. The Balaban J connectivity index is 1.35. The maximum atomic E-state index is 13.7. The van der Waals surface area contributed by atoms with Crippen molar-refractivity contribution in [2.24, 2.45) is 0 Å². The van der Waals surface area contributed by atoms with Gasteiger partial charge in [0.1, 0.15) is 27.7 Å². The average molecular weight is 584 g/mol. The summed E-state index contributed by atoms with van der Waals surface area (Å²) < 4.78 is 85.7. The maximum absolute atomic E-state index is 13.7. The molecule has 0 bridgehead atoms. The standard InChI is InChI=1S/C27H22FN3O7S2/c1-36-21-9-11-22(12-10-21)39(32,33)31-20-8-14-24-23(16-20)29-27(38-24)17-3-6-19(7-4-17)30-40(34,35)26-15-18(28)5-13-25(26)37-2/h3-16,30-31H,1-2H3. The van der Waals surface area contributed by atoms with Crippen LogP contribution in [0.1, 0.15) is 0 Å². The van der Waals surface area contributed by atoms with E-state index in [1.54, 1.807) is 36.4 Å². The highest BCUT2D eigenvalue weighted by molar-refractivity contribution is 7.93. The SMILES string of the molecule is COc1ccc(S(=O)(=O)Nc2ccc3oc(-c4ccc(NS(=O)(=O)c5cc(F)ccc5OC)cc4)nc3c2)cc1. The number of hydrogen-bond acceptors (Lipinski definition) is 8. The lowest BCUT2D eigenvalue weighted by molar-refractivity contribution is 0.401. The van der Waals surface area contributed by atoms with Crippen molar-refractivity contribution >= 4 is 42.5 Å². The molecule has 0 unspecified atom stereocenters. The van der Waals surface area contributed by atoms with Gasteiger partial charge in [0.05, 0.1) is 24.8 Å². The van der Waals surface area contributed by atoms with Crippen LogP contribution in [-0.2, 0) is 20.0 Å². The zero-order chi connectivity index (χ0) is 28.5. The molecule has 40 heavy (non-hydrogen) atoms. The van der Waals surface area contributed by atoms with E-state index in [1.807, 2.05) is 0 Å². The smallest absolute Gasteiger partial charge is 0.265 e. The minimum Gasteiger partial charge on any atom is -0.497 e. The minimum absolute atomic E-state index is 0.00246. The second-order valence-corrected chi connectivity index (χ2v) is 11.8. The van der Waals surface area contributed by atoms with Gasteiger partial charge in [-0.3, -0.25) is 9.44 Å². The number of ether oxygens (including phenoxy) is 2. The quantitative estimate of drug-likeness (QED) is 0.240. The second kappa shape index (κ2) is 10.5. The Hall–Kier alpha value is -4.62. The molecule has 0 atom stereocenters. The molecule has 0 spiro atoms. The van der Waals surface area contributed by atoms with Gasteiger partial charge in [-0.25, -0.2) is 26.2 Å². The molecule has 5 rings (SSSR count). The molecule has 10 nitrogen and oxygen atoms in total. The molecular weight excluding hydrogens is 561 g/mol. The third kappa shape index (κ3) is 5.55. The molecule has 0 radical (unpaired) electrons. The fourth-order valence-corrected chi connectivity index (χ4v) is 6.12. The van der Waals surface area contributed by atoms with Gasteiger partial charge in [0.15, 0.2) is 5.58 Å². The normalized spacial score (nSPS) is 11.8. The van der Waals surface area contributed by atoms with Crippen LogP contribution in [0.2, 0.25) is 0 Å². The van der Waals surface area contributed by atoms with Crippen LogP contribution in [0.5, 0.6) is 11.5 Å². The van der Waals surface area contributed by atoms with Crippen LogP contribution in [-0.4, -0.2) is 36.0 Å². The summed E-state index contributed by atoms with van der Waals surface area (Å²) in [7, 11) is -5.20. The molecule has 0 saturated carbocycles. The zero-order valence-electron chi connectivity index (χ0n) is 21.1. The van der Waals surface area contributed by atoms with E-state index >= 15 is 0 Å². The van der Waals surface area contributed by atoms with Crippen LogP contribution in [0.15, 0.2) is 99.1 Å². The van der Waals surface area contributed by atoms with Crippen molar-refractivity contribution < 1.29 is 35.1 Å². The van der Waals surface area contributed by atoms with Gasteiger partial charge in [0.25, 0.3) is 20.0 Å². The highest BCUT2D eigenvalue weighted by Gasteiger charge is 2.21. The Labute approximate surface area is 229 Å². The number of rotatable bonds is 9. The highest BCUT2D eigenvalue weighted by Crippen LogP contribution is 2.30. The van der Waals surface area contributed by atoms with Gasteiger partial charge in [0, 0.05) is 11.3 Å². The fraction of sp³-hybridized carbons (Fsp3) is 0.0741. The van der Waals surface area contributed by atoms with Crippen LogP contribution in [0.25, 0.3) is 22.6 Å². The summed E-state index contributed by atoms with van der Waals surface area (Å²) in [4.78, 5) is 4.17. The Morgan fingerprint density at radius 3 is 2.10 bits per heavy atom. The van der Waals surface area contributed by atoms with Crippen LogP contribution in [0.4, 0.5) is 15.8 Å². The van der Waals surface area contributed by atoms with E-state index in [2.05, 4.69) is 14.4 Å². The first-order valence-corrected chi connectivity index (χ1v) is 14.6. The third-order valence-electron chi connectivity index (χ3n) is 5.81. The van der Waals surface area contributed by atoms with Crippen molar-refractivity contribution in [3.05, 3.63) is 90.7 Å². The lowest BCUT2D eigenvalue weighted by Crippen LogP contribution is -2.14. The number of benzene rings is 4. The number of nitrogens with one attached hydrogen (secondary N) is 2. The van der Waals surface area contributed by atoms with E-state index in [9.17, 15) is 21.2 Å². The van der Waals surface area contributed by atoms with Crippen LogP contribution in [0, 0.1) is 5.82 Å². The molecule has 0 amide bonds. The lowest BCUT2D eigenvalue weighted by Gasteiger charge is -2.11. The second-order valence-electron chi connectivity index (χ2n) is 8.46. The molecule has 4 aromatic carbocycles. The first-order valence-electron chi connectivity index (χ1n) is 11.6. The van der Waals surface area contributed by atoms with Gasteiger partial charge >= 0.3 is 0 Å². The Morgan fingerprint density at radius 1 is 0.750 bits per heavy atom. The van der Waals surface area contributed by atoms with Crippen molar-refractivity contribution in [2.45, 2.75) is 9.79 Å². The number of anilines is 2. The van der Waals surface area contributed by atoms with Crippen molar-refractivity contribution in [3.8, 4) is 23.0 Å². The van der Waals surface area contributed by atoms with Crippen LogP contribution in [0.3, 0.4) is 0 Å². The van der Waals surface area contributed by atoms with Gasteiger partial charge in [-0.15, -0.1) is 0 Å². The largest absolute Gasteiger partial charge is 0.497 e. The van der Waals surface area contributed by atoms with Gasteiger partial charge in [-0.2, -0.15) is 0 Å². The number of fused-ring (bicyclic) bond motifs is 1. The fourth-order valence-electron chi connectivity index (χ4n) is 3.83. The van der Waals surface area contributed by atoms with Crippen molar-refractivity contribution in [1.29, 1.82) is 0 Å². The molecule has 1 aromatic heterocycles. The molecule has 0 fully saturated rings. The van der Waals surface area contributed by atoms with E-state index in [0.717, 1.165) is 12.1 Å². The number of halogens is 1. The number of aromatic nitrogens is 1. The predicted molar refractivity (Wildman–Crippen MR) is 147 cm³/mol. The van der Waals surface area contributed by atoms with E-state index in [-0.39, 0.29) is 27.1 Å². The first-order chi connectivity index (χ1) is 19.1. The topological polar surface area (TPSA) is 137 Å². The van der Waals surface area contributed by atoms with Gasteiger partial charge in [-0.05, 0) is 84.9 Å². The van der Waals surface area contributed by atoms with E-state index in [1.165, 1.54) is 50.6 Å². The summed E-state index contributed by atoms with van der Waals surface area (Å²) >= 11 is 0. The van der Waals surface area contributed by atoms with Gasteiger partial charge < -0.3 is 13.9 Å². The minimum atomic E-state index is -4.14. The molecular formula is C27H22FN3O7S2. The molecule has 13 heteroatoms. The van der Waals surface area contributed by atoms with E-state index < -0.39 is 25.9 Å². The van der Waals surface area contributed by atoms with Crippen molar-refractivity contribution in [3.63, 3.8) is 0 Å². The molecule has 0 aliphatic rings. The Bertz CT molecular complexity index is 1910. The van der Waals surface area contributed by atoms with E-state index in [4.69, 9.17) is 13.9 Å².